The van der Waals surface area contributed by atoms with Crippen LogP contribution in [0.1, 0.15) is 28.2 Å². The number of nitrogens with zero attached hydrogens (tertiary/aromatic N) is 1. The fraction of sp³-hybridized carbons (Fsp3) is 0.158. The summed E-state index contributed by atoms with van der Waals surface area (Å²) < 4.78 is 0. The number of hydrogen-bond acceptors (Lipinski definition) is 3. The molecule has 3 rings (SSSR count). The number of hydrogen-bond donors (Lipinski definition) is 1. The number of H-pyrrole nitrogens is 1. The highest BCUT2D eigenvalue weighted by Crippen LogP contribution is 2.24. The first-order valence-corrected chi connectivity index (χ1v) is 8.55. The first kappa shape index (κ1) is 16.2. The summed E-state index contributed by atoms with van der Waals surface area (Å²) in [5, 5.41) is 1.98. The first-order chi connectivity index (χ1) is 11.6. The van der Waals surface area contributed by atoms with Gasteiger partial charge in [0.1, 0.15) is 5.56 Å². The first-order valence-electron chi connectivity index (χ1n) is 7.67. The van der Waals surface area contributed by atoms with Gasteiger partial charge < -0.3 is 9.88 Å². The number of nitrogens with one attached hydrogen (secondary N) is 1. The predicted molar refractivity (Wildman–Crippen MR) is 97.3 cm³/mol. The molecule has 0 saturated heterocycles. The van der Waals surface area contributed by atoms with Crippen molar-refractivity contribution in [1.29, 1.82) is 0 Å². The van der Waals surface area contributed by atoms with E-state index >= 15 is 0 Å². The zero-order valence-electron chi connectivity index (χ0n) is 13.5. The molecule has 1 aromatic carbocycles. The Morgan fingerprint density at radius 3 is 2.46 bits per heavy atom. The molecule has 0 saturated carbocycles. The Hall–Kier alpha value is -2.66. The zero-order chi connectivity index (χ0) is 17.1. The van der Waals surface area contributed by atoms with E-state index in [1.807, 2.05) is 54.8 Å². The Bertz CT molecular complexity index is 885. The molecule has 0 fully saturated rings. The molecule has 3 aromatic rings. The van der Waals surface area contributed by atoms with Crippen LogP contribution in [0.5, 0.6) is 0 Å². The van der Waals surface area contributed by atoms with Gasteiger partial charge in [0.05, 0.1) is 6.04 Å². The van der Waals surface area contributed by atoms with Gasteiger partial charge in [-0.1, -0.05) is 36.4 Å². The number of aromatic amines is 1. The molecule has 4 nitrogen and oxygen atoms in total. The Morgan fingerprint density at radius 2 is 1.83 bits per heavy atom. The standard InChI is InChI=1S/C19H18N2O2S/c1-13(17-9-6-12-24-17)21(2)19(23)15-10-11-16(20-18(15)22)14-7-4-3-5-8-14/h3-13H,1-2H3,(H,20,22). The Morgan fingerprint density at radius 1 is 1.08 bits per heavy atom. The minimum atomic E-state index is -0.369. The lowest BCUT2D eigenvalue weighted by atomic mass is 10.1. The van der Waals surface area contributed by atoms with Gasteiger partial charge in [-0.15, -0.1) is 11.3 Å². The van der Waals surface area contributed by atoms with Crippen LogP contribution in [0.4, 0.5) is 0 Å². The van der Waals surface area contributed by atoms with Crippen molar-refractivity contribution in [3.63, 3.8) is 0 Å². The largest absolute Gasteiger partial charge is 0.334 e. The fourth-order valence-electron chi connectivity index (χ4n) is 2.51. The Balaban J connectivity index is 1.87. The summed E-state index contributed by atoms with van der Waals surface area (Å²) in [5.74, 6) is -0.281. The van der Waals surface area contributed by atoms with Crippen LogP contribution >= 0.6 is 11.3 Å². The molecule has 0 spiro atoms. The number of pyridine rings is 1. The lowest BCUT2D eigenvalue weighted by Crippen LogP contribution is -2.33. The van der Waals surface area contributed by atoms with Crippen LogP contribution in [0.25, 0.3) is 11.3 Å². The molecule has 1 amide bonds. The van der Waals surface area contributed by atoms with Gasteiger partial charge in [0, 0.05) is 17.6 Å². The van der Waals surface area contributed by atoms with E-state index in [4.69, 9.17) is 0 Å². The third-order valence-corrected chi connectivity index (χ3v) is 5.12. The van der Waals surface area contributed by atoms with Crippen LogP contribution in [0.15, 0.2) is 64.8 Å². The second-order valence-electron chi connectivity index (χ2n) is 5.59. The van der Waals surface area contributed by atoms with Crippen molar-refractivity contribution < 1.29 is 4.79 Å². The quantitative estimate of drug-likeness (QED) is 0.783. The second kappa shape index (κ2) is 6.84. The van der Waals surface area contributed by atoms with Gasteiger partial charge in [-0.05, 0) is 36.1 Å². The van der Waals surface area contributed by atoms with Gasteiger partial charge in [0.2, 0.25) is 0 Å². The van der Waals surface area contributed by atoms with E-state index < -0.39 is 0 Å². The van der Waals surface area contributed by atoms with Crippen LogP contribution in [-0.2, 0) is 0 Å². The Kier molecular flexibility index (Phi) is 4.62. The van der Waals surface area contributed by atoms with E-state index in [9.17, 15) is 9.59 Å². The molecule has 122 valence electrons. The third kappa shape index (κ3) is 3.16. The number of benzene rings is 1. The summed E-state index contributed by atoms with van der Waals surface area (Å²) in [6.07, 6.45) is 0. The minimum absolute atomic E-state index is 0.0781. The summed E-state index contributed by atoms with van der Waals surface area (Å²) in [5.41, 5.74) is 1.40. The number of rotatable bonds is 4. The van der Waals surface area contributed by atoms with Crippen molar-refractivity contribution in [3.8, 4) is 11.3 Å². The number of thiophene rings is 1. The lowest BCUT2D eigenvalue weighted by molar-refractivity contribution is 0.0743. The average Bonchev–Trinajstić information content (AvgIpc) is 3.15. The maximum Gasteiger partial charge on any atom is 0.261 e. The predicted octanol–water partition coefficient (Wildman–Crippen LogP) is 3.94. The number of carbonyl (C=O) groups excluding carboxylic acids is 1. The molecule has 0 aliphatic rings. The van der Waals surface area contributed by atoms with Crippen LogP contribution in [-0.4, -0.2) is 22.8 Å². The van der Waals surface area contributed by atoms with E-state index in [-0.39, 0.29) is 23.1 Å². The third-order valence-electron chi connectivity index (χ3n) is 4.08. The van der Waals surface area contributed by atoms with Crippen molar-refractivity contribution in [3.05, 3.63) is 80.8 Å². The summed E-state index contributed by atoms with van der Waals surface area (Å²) >= 11 is 1.60. The highest BCUT2D eigenvalue weighted by atomic mass is 32.1. The Labute approximate surface area is 144 Å². The zero-order valence-corrected chi connectivity index (χ0v) is 14.3. The van der Waals surface area contributed by atoms with Crippen molar-refractivity contribution in [2.24, 2.45) is 0 Å². The second-order valence-corrected chi connectivity index (χ2v) is 6.57. The van der Waals surface area contributed by atoms with E-state index in [0.29, 0.717) is 5.69 Å². The van der Waals surface area contributed by atoms with E-state index in [0.717, 1.165) is 10.4 Å². The molecule has 0 radical (unpaired) electrons. The molecule has 0 aliphatic heterocycles. The summed E-state index contributed by atoms with van der Waals surface area (Å²) in [4.78, 5) is 30.5. The highest BCUT2D eigenvalue weighted by molar-refractivity contribution is 7.10. The minimum Gasteiger partial charge on any atom is -0.334 e. The summed E-state index contributed by atoms with van der Waals surface area (Å²) in [6.45, 7) is 1.95. The van der Waals surface area contributed by atoms with E-state index in [2.05, 4.69) is 4.98 Å². The molecular formula is C19H18N2O2S. The van der Waals surface area contributed by atoms with Gasteiger partial charge in [-0.2, -0.15) is 0 Å². The van der Waals surface area contributed by atoms with E-state index in [1.165, 1.54) is 0 Å². The molecule has 24 heavy (non-hydrogen) atoms. The number of aromatic nitrogens is 1. The fourth-order valence-corrected chi connectivity index (χ4v) is 3.34. The average molecular weight is 338 g/mol. The summed E-state index contributed by atoms with van der Waals surface area (Å²) in [6, 6.07) is 16.8. The van der Waals surface area contributed by atoms with Gasteiger partial charge in [-0.25, -0.2) is 0 Å². The molecule has 1 unspecified atom stereocenters. The normalized spacial score (nSPS) is 11.9. The molecule has 1 atom stereocenters. The van der Waals surface area contributed by atoms with Crippen LogP contribution < -0.4 is 5.56 Å². The molecule has 0 aliphatic carbocycles. The molecule has 2 aromatic heterocycles. The maximum atomic E-state index is 12.7. The van der Waals surface area contributed by atoms with Crippen molar-refractivity contribution in [1.82, 2.24) is 9.88 Å². The van der Waals surface area contributed by atoms with Crippen molar-refractivity contribution in [2.45, 2.75) is 13.0 Å². The number of amides is 1. The molecule has 2 heterocycles. The molecular weight excluding hydrogens is 320 g/mol. The SMILES string of the molecule is CC(c1cccs1)N(C)C(=O)c1ccc(-c2ccccc2)[nH]c1=O. The number of carbonyl (C=O) groups is 1. The highest BCUT2D eigenvalue weighted by Gasteiger charge is 2.22. The topological polar surface area (TPSA) is 53.2 Å². The van der Waals surface area contributed by atoms with Crippen LogP contribution in [0, 0.1) is 0 Å². The van der Waals surface area contributed by atoms with Gasteiger partial charge in [-0.3, -0.25) is 9.59 Å². The summed E-state index contributed by atoms with van der Waals surface area (Å²) in [7, 11) is 1.72. The molecule has 1 N–H and O–H groups in total. The van der Waals surface area contributed by atoms with E-state index in [1.54, 1.807) is 35.4 Å². The van der Waals surface area contributed by atoms with Crippen LogP contribution in [0.3, 0.4) is 0 Å². The lowest BCUT2D eigenvalue weighted by Gasteiger charge is -2.23. The molecule has 0 bridgehead atoms. The van der Waals surface area contributed by atoms with Crippen molar-refractivity contribution >= 4 is 17.2 Å². The van der Waals surface area contributed by atoms with Gasteiger partial charge in [0.15, 0.2) is 0 Å². The monoisotopic (exact) mass is 338 g/mol. The van der Waals surface area contributed by atoms with Crippen LogP contribution in [0.2, 0.25) is 0 Å². The van der Waals surface area contributed by atoms with Gasteiger partial charge in [0.25, 0.3) is 11.5 Å². The maximum absolute atomic E-state index is 12.7. The van der Waals surface area contributed by atoms with Crippen molar-refractivity contribution in [2.75, 3.05) is 7.05 Å². The van der Waals surface area contributed by atoms with Gasteiger partial charge >= 0.3 is 0 Å². The smallest absolute Gasteiger partial charge is 0.261 e. The molecule has 5 heteroatoms.